The van der Waals surface area contributed by atoms with Gasteiger partial charge in [-0.05, 0) is 25.2 Å². The van der Waals surface area contributed by atoms with Gasteiger partial charge in [-0.3, -0.25) is 9.89 Å². The van der Waals surface area contributed by atoms with E-state index in [-0.39, 0.29) is 5.56 Å². The molecule has 1 unspecified atom stereocenters. The van der Waals surface area contributed by atoms with Crippen LogP contribution in [0, 0.1) is 5.92 Å². The maximum Gasteiger partial charge on any atom is 0.272 e. The quantitative estimate of drug-likeness (QED) is 0.761. The predicted molar refractivity (Wildman–Crippen MR) is 63.9 cm³/mol. The summed E-state index contributed by atoms with van der Waals surface area (Å²) in [6, 6.07) is 0.412. The first-order valence-corrected chi connectivity index (χ1v) is 6.33. The molecule has 3 rings (SSSR count). The molecule has 1 aromatic rings. The minimum absolute atomic E-state index is 0.209. The molecule has 0 spiro atoms. The third kappa shape index (κ3) is 1.47. The van der Waals surface area contributed by atoms with Crippen LogP contribution >= 0.6 is 0 Å². The summed E-state index contributed by atoms with van der Waals surface area (Å²) in [5, 5.41) is 6.58. The summed E-state index contributed by atoms with van der Waals surface area (Å²) >= 11 is 0. The lowest BCUT2D eigenvalue weighted by molar-refractivity contribution is 0.455. The molecule has 1 aliphatic carbocycles. The summed E-state index contributed by atoms with van der Waals surface area (Å²) < 4.78 is 1.86. The highest BCUT2D eigenvalue weighted by Crippen LogP contribution is 2.29. The van der Waals surface area contributed by atoms with E-state index in [1.54, 1.807) is 0 Å². The van der Waals surface area contributed by atoms with Gasteiger partial charge in [0.1, 0.15) is 5.82 Å². The number of hydrogen-bond acceptors (Lipinski definition) is 2. The molecule has 4 nitrogen and oxygen atoms in total. The van der Waals surface area contributed by atoms with Crippen LogP contribution in [-0.2, 0) is 6.42 Å². The van der Waals surface area contributed by atoms with Gasteiger partial charge in [-0.25, -0.2) is 4.68 Å². The minimum Gasteiger partial charge on any atom is -0.370 e. The highest BCUT2D eigenvalue weighted by Gasteiger charge is 2.25. The van der Waals surface area contributed by atoms with Gasteiger partial charge in [0.15, 0.2) is 0 Å². The first-order valence-electron chi connectivity index (χ1n) is 6.33. The molecular weight excluding hydrogens is 202 g/mol. The molecule has 2 aliphatic rings. The Morgan fingerprint density at radius 3 is 2.81 bits per heavy atom. The van der Waals surface area contributed by atoms with Crippen LogP contribution in [0.5, 0.6) is 0 Å². The highest BCUT2D eigenvalue weighted by molar-refractivity contribution is 5.45. The van der Waals surface area contributed by atoms with E-state index < -0.39 is 0 Å². The van der Waals surface area contributed by atoms with E-state index in [0.29, 0.717) is 12.0 Å². The summed E-state index contributed by atoms with van der Waals surface area (Å²) in [6.45, 7) is 3.15. The Bertz CT molecular complexity index is 440. The van der Waals surface area contributed by atoms with Crippen molar-refractivity contribution in [2.75, 3.05) is 11.9 Å². The predicted octanol–water partition coefficient (Wildman–Crippen LogP) is 1.90. The maximum absolute atomic E-state index is 12.2. The van der Waals surface area contributed by atoms with Crippen LogP contribution in [0.4, 0.5) is 5.82 Å². The van der Waals surface area contributed by atoms with Crippen molar-refractivity contribution < 1.29 is 0 Å². The molecule has 0 bridgehead atoms. The SMILES string of the molecule is CC1CNc2[nH]n(C3CCCC3)c(=O)c2C1. The molecule has 0 saturated heterocycles. The number of aromatic nitrogens is 2. The molecule has 1 aliphatic heterocycles. The van der Waals surface area contributed by atoms with Crippen LogP contribution in [0.1, 0.15) is 44.2 Å². The molecular formula is C12H19N3O. The van der Waals surface area contributed by atoms with Crippen LogP contribution in [0.3, 0.4) is 0 Å². The molecule has 0 radical (unpaired) electrons. The number of fused-ring (bicyclic) bond motifs is 1. The average Bonchev–Trinajstić information content (AvgIpc) is 2.87. The number of rotatable bonds is 1. The van der Waals surface area contributed by atoms with E-state index in [2.05, 4.69) is 17.3 Å². The lowest BCUT2D eigenvalue weighted by Crippen LogP contribution is -2.26. The van der Waals surface area contributed by atoms with Gasteiger partial charge in [0.25, 0.3) is 5.56 Å². The van der Waals surface area contributed by atoms with Crippen molar-refractivity contribution in [3.8, 4) is 0 Å². The van der Waals surface area contributed by atoms with Gasteiger partial charge >= 0.3 is 0 Å². The second-order valence-corrected chi connectivity index (χ2v) is 5.27. The molecule has 4 heteroatoms. The Morgan fingerprint density at radius 2 is 2.06 bits per heavy atom. The van der Waals surface area contributed by atoms with Crippen molar-refractivity contribution >= 4 is 5.82 Å². The smallest absolute Gasteiger partial charge is 0.272 e. The van der Waals surface area contributed by atoms with Gasteiger partial charge in [0.05, 0.1) is 11.6 Å². The second-order valence-electron chi connectivity index (χ2n) is 5.27. The van der Waals surface area contributed by atoms with E-state index in [0.717, 1.165) is 37.2 Å². The zero-order valence-corrected chi connectivity index (χ0v) is 9.75. The van der Waals surface area contributed by atoms with Gasteiger partial charge in [-0.1, -0.05) is 19.8 Å². The van der Waals surface area contributed by atoms with E-state index >= 15 is 0 Å². The monoisotopic (exact) mass is 221 g/mol. The fourth-order valence-electron chi connectivity index (χ4n) is 2.94. The third-order valence-electron chi connectivity index (χ3n) is 3.88. The van der Waals surface area contributed by atoms with Crippen molar-refractivity contribution in [3.63, 3.8) is 0 Å². The molecule has 0 aromatic carbocycles. The van der Waals surface area contributed by atoms with Crippen molar-refractivity contribution in [2.24, 2.45) is 5.92 Å². The summed E-state index contributed by atoms with van der Waals surface area (Å²) in [7, 11) is 0. The lowest BCUT2D eigenvalue weighted by Gasteiger charge is -2.18. The molecule has 1 atom stereocenters. The fourth-order valence-corrected chi connectivity index (χ4v) is 2.94. The average molecular weight is 221 g/mol. The molecule has 2 N–H and O–H groups in total. The molecule has 1 fully saturated rings. The third-order valence-corrected chi connectivity index (χ3v) is 3.88. The Hall–Kier alpha value is -1.19. The number of hydrogen-bond donors (Lipinski definition) is 2. The van der Waals surface area contributed by atoms with Crippen molar-refractivity contribution in [1.29, 1.82) is 0 Å². The van der Waals surface area contributed by atoms with Crippen molar-refractivity contribution in [3.05, 3.63) is 15.9 Å². The Balaban J connectivity index is 1.98. The number of nitrogens with one attached hydrogen (secondary N) is 2. The van der Waals surface area contributed by atoms with Gasteiger partial charge in [0.2, 0.25) is 0 Å². The van der Waals surface area contributed by atoms with Gasteiger partial charge in [0, 0.05) is 6.54 Å². The first-order chi connectivity index (χ1) is 7.75. The Labute approximate surface area is 95.0 Å². The largest absolute Gasteiger partial charge is 0.370 e. The van der Waals surface area contributed by atoms with Crippen LogP contribution in [0.25, 0.3) is 0 Å². The van der Waals surface area contributed by atoms with Crippen LogP contribution in [-0.4, -0.2) is 16.3 Å². The van der Waals surface area contributed by atoms with Gasteiger partial charge in [-0.15, -0.1) is 0 Å². The fraction of sp³-hybridized carbons (Fsp3) is 0.750. The van der Waals surface area contributed by atoms with Crippen LogP contribution < -0.4 is 10.9 Å². The van der Waals surface area contributed by atoms with Crippen molar-refractivity contribution in [1.82, 2.24) is 9.78 Å². The van der Waals surface area contributed by atoms with Crippen LogP contribution in [0.2, 0.25) is 0 Å². The van der Waals surface area contributed by atoms with Crippen LogP contribution in [0.15, 0.2) is 4.79 Å². The minimum atomic E-state index is 0.209. The van der Waals surface area contributed by atoms with E-state index in [9.17, 15) is 4.79 Å². The zero-order valence-electron chi connectivity index (χ0n) is 9.75. The van der Waals surface area contributed by atoms with E-state index in [1.165, 1.54) is 12.8 Å². The van der Waals surface area contributed by atoms with Gasteiger partial charge in [-0.2, -0.15) is 0 Å². The molecule has 1 saturated carbocycles. The summed E-state index contributed by atoms with van der Waals surface area (Å²) in [5.41, 5.74) is 1.17. The molecule has 88 valence electrons. The lowest BCUT2D eigenvalue weighted by atomic mass is 10.00. The summed E-state index contributed by atoms with van der Waals surface area (Å²) in [6.07, 6.45) is 5.72. The van der Waals surface area contributed by atoms with E-state index in [1.807, 2.05) is 4.68 Å². The standard InChI is InChI=1S/C12H19N3O/c1-8-6-10-11(13-7-8)14-15(12(10)16)9-4-2-3-5-9/h8-9,13-14H,2-7H2,1H3. The molecule has 2 heterocycles. The topological polar surface area (TPSA) is 49.8 Å². The number of nitrogens with zero attached hydrogens (tertiary/aromatic N) is 1. The van der Waals surface area contributed by atoms with E-state index in [4.69, 9.17) is 0 Å². The molecule has 0 amide bonds. The maximum atomic E-state index is 12.2. The van der Waals surface area contributed by atoms with Gasteiger partial charge < -0.3 is 5.32 Å². The van der Waals surface area contributed by atoms with Crippen molar-refractivity contribution in [2.45, 2.75) is 45.1 Å². The molecule has 16 heavy (non-hydrogen) atoms. The summed E-state index contributed by atoms with van der Waals surface area (Å²) in [5.74, 6) is 1.53. The molecule has 1 aromatic heterocycles. The second kappa shape index (κ2) is 3.68. The number of anilines is 1. The summed E-state index contributed by atoms with van der Waals surface area (Å²) in [4.78, 5) is 12.2. The normalized spacial score (nSPS) is 25.4. The Kier molecular flexibility index (Phi) is 2.30. The number of aromatic amines is 1. The Morgan fingerprint density at radius 1 is 1.31 bits per heavy atom. The number of H-pyrrole nitrogens is 1. The zero-order chi connectivity index (χ0) is 11.1. The first kappa shape index (κ1) is 10.00. The highest BCUT2D eigenvalue weighted by atomic mass is 16.1.